The molecule has 41 heavy (non-hydrogen) atoms. The van der Waals surface area contributed by atoms with Gasteiger partial charge in [-0.1, -0.05) is 103 Å². The molecule has 0 bridgehead atoms. The first-order chi connectivity index (χ1) is 20.1. The SMILES string of the molecule is CCCCCCCCCCCCCCCCCCOc1cc(OCCCOc2ccc(OC)cc2)cc(C(=O)O)c1. The zero-order valence-electron chi connectivity index (χ0n) is 25.7. The third-order valence-electron chi connectivity index (χ3n) is 7.28. The molecule has 0 aliphatic heterocycles. The third-order valence-corrected chi connectivity index (χ3v) is 7.28. The van der Waals surface area contributed by atoms with E-state index in [-0.39, 0.29) is 5.56 Å². The maximum atomic E-state index is 11.6. The summed E-state index contributed by atoms with van der Waals surface area (Å²) in [5.41, 5.74) is 0.166. The van der Waals surface area contributed by atoms with E-state index in [1.807, 2.05) is 24.3 Å². The van der Waals surface area contributed by atoms with E-state index in [0.717, 1.165) is 24.3 Å². The number of carboxylic acids is 1. The number of rotatable bonds is 26. The fourth-order valence-electron chi connectivity index (χ4n) is 4.81. The largest absolute Gasteiger partial charge is 0.497 e. The number of hydrogen-bond acceptors (Lipinski definition) is 5. The summed E-state index contributed by atoms with van der Waals surface area (Å²) in [6.07, 6.45) is 21.9. The van der Waals surface area contributed by atoms with Gasteiger partial charge in [-0.25, -0.2) is 4.79 Å². The van der Waals surface area contributed by atoms with Crippen molar-refractivity contribution < 1.29 is 28.8 Å². The molecule has 0 spiro atoms. The molecule has 6 nitrogen and oxygen atoms in total. The van der Waals surface area contributed by atoms with Gasteiger partial charge in [0.2, 0.25) is 0 Å². The molecule has 0 unspecified atom stereocenters. The highest BCUT2D eigenvalue weighted by Gasteiger charge is 2.09. The summed E-state index contributed by atoms with van der Waals surface area (Å²) < 4.78 is 22.6. The first kappa shape index (κ1) is 34.3. The van der Waals surface area contributed by atoms with Crippen molar-refractivity contribution in [3.8, 4) is 23.0 Å². The number of unbranched alkanes of at least 4 members (excludes halogenated alkanes) is 15. The molecule has 0 aliphatic carbocycles. The highest BCUT2D eigenvalue weighted by atomic mass is 16.5. The van der Waals surface area contributed by atoms with Gasteiger partial charge in [-0.15, -0.1) is 0 Å². The monoisotopic (exact) mass is 570 g/mol. The Kier molecular flexibility index (Phi) is 19.0. The van der Waals surface area contributed by atoms with Crippen LogP contribution >= 0.6 is 0 Å². The van der Waals surface area contributed by atoms with Crippen molar-refractivity contribution in [1.82, 2.24) is 0 Å². The fraction of sp³-hybridized carbons (Fsp3) is 0.629. The number of carboxylic acid groups (broad SMARTS) is 1. The van der Waals surface area contributed by atoms with Crippen molar-refractivity contribution in [1.29, 1.82) is 0 Å². The molecule has 0 fully saturated rings. The smallest absolute Gasteiger partial charge is 0.335 e. The first-order valence-corrected chi connectivity index (χ1v) is 16.0. The summed E-state index contributed by atoms with van der Waals surface area (Å²) in [4.78, 5) is 11.6. The number of ether oxygens (including phenoxy) is 4. The number of aromatic carboxylic acids is 1. The molecule has 2 rings (SSSR count). The van der Waals surface area contributed by atoms with Gasteiger partial charge in [0, 0.05) is 12.5 Å². The molecule has 0 amide bonds. The number of methoxy groups -OCH3 is 1. The van der Waals surface area contributed by atoms with E-state index in [9.17, 15) is 9.90 Å². The van der Waals surface area contributed by atoms with Gasteiger partial charge in [-0.3, -0.25) is 0 Å². The lowest BCUT2D eigenvalue weighted by Crippen LogP contribution is -2.06. The van der Waals surface area contributed by atoms with Gasteiger partial charge >= 0.3 is 5.97 Å². The van der Waals surface area contributed by atoms with Gasteiger partial charge in [-0.2, -0.15) is 0 Å². The normalized spacial score (nSPS) is 10.9. The van der Waals surface area contributed by atoms with Gasteiger partial charge < -0.3 is 24.1 Å². The average molecular weight is 571 g/mol. The molecule has 0 aliphatic rings. The van der Waals surface area contributed by atoms with Gasteiger partial charge in [-0.05, 0) is 42.8 Å². The van der Waals surface area contributed by atoms with Crippen molar-refractivity contribution in [2.45, 2.75) is 116 Å². The predicted octanol–water partition coefficient (Wildman–Crippen LogP) is 9.88. The standard InChI is InChI=1S/C35H54O6/c1-3-4-5-6-7-8-9-10-11-12-13-14-15-16-17-18-24-40-33-27-30(35(36)37)28-34(29-33)41-26-19-25-39-32-22-20-31(38-2)21-23-32/h20-23,27-29H,3-19,24-26H2,1-2H3,(H,36,37). The van der Waals surface area contributed by atoms with E-state index in [0.29, 0.717) is 37.7 Å². The molecular weight excluding hydrogens is 516 g/mol. The Hall–Kier alpha value is -2.89. The minimum Gasteiger partial charge on any atom is -0.497 e. The Bertz CT molecular complexity index is 927. The van der Waals surface area contributed by atoms with Crippen LogP contribution in [0, 0.1) is 0 Å². The van der Waals surface area contributed by atoms with Crippen molar-refractivity contribution in [3.05, 3.63) is 48.0 Å². The van der Waals surface area contributed by atoms with Crippen LogP contribution in [0.15, 0.2) is 42.5 Å². The summed E-state index contributed by atoms with van der Waals surface area (Å²) in [5, 5.41) is 9.49. The molecule has 230 valence electrons. The van der Waals surface area contributed by atoms with Crippen molar-refractivity contribution in [3.63, 3.8) is 0 Å². The minimum atomic E-state index is -0.995. The number of carbonyl (C=O) groups is 1. The zero-order chi connectivity index (χ0) is 29.4. The lowest BCUT2D eigenvalue weighted by atomic mass is 10.0. The Morgan fingerprint density at radius 1 is 0.537 bits per heavy atom. The summed E-state index contributed by atoms with van der Waals surface area (Å²) in [5.74, 6) is 1.59. The van der Waals surface area contributed by atoms with Crippen LogP contribution in [-0.2, 0) is 0 Å². The predicted molar refractivity (Wildman–Crippen MR) is 167 cm³/mol. The van der Waals surface area contributed by atoms with E-state index < -0.39 is 5.97 Å². The molecule has 0 radical (unpaired) electrons. The number of hydrogen-bond donors (Lipinski definition) is 1. The Labute approximate surface area is 248 Å². The lowest BCUT2D eigenvalue weighted by Gasteiger charge is -2.12. The topological polar surface area (TPSA) is 74.2 Å². The van der Waals surface area contributed by atoms with Crippen molar-refractivity contribution in [2.75, 3.05) is 26.9 Å². The van der Waals surface area contributed by atoms with Gasteiger partial charge in [0.25, 0.3) is 0 Å². The highest BCUT2D eigenvalue weighted by Crippen LogP contribution is 2.24. The van der Waals surface area contributed by atoms with E-state index in [4.69, 9.17) is 18.9 Å². The van der Waals surface area contributed by atoms with Crippen LogP contribution in [0.3, 0.4) is 0 Å². The molecule has 0 saturated carbocycles. The van der Waals surface area contributed by atoms with Crippen LogP contribution in [-0.4, -0.2) is 38.0 Å². The summed E-state index contributed by atoms with van der Waals surface area (Å²) in [7, 11) is 1.63. The second-order valence-electron chi connectivity index (χ2n) is 10.9. The maximum absolute atomic E-state index is 11.6. The lowest BCUT2D eigenvalue weighted by molar-refractivity contribution is 0.0695. The van der Waals surface area contributed by atoms with Crippen LogP contribution in [0.1, 0.15) is 126 Å². The van der Waals surface area contributed by atoms with Gasteiger partial charge in [0.1, 0.15) is 23.0 Å². The summed E-state index contributed by atoms with van der Waals surface area (Å²) in [6.45, 7) is 3.76. The average Bonchev–Trinajstić information content (AvgIpc) is 2.98. The van der Waals surface area contributed by atoms with Gasteiger partial charge in [0.05, 0.1) is 32.5 Å². The maximum Gasteiger partial charge on any atom is 0.335 e. The van der Waals surface area contributed by atoms with E-state index in [2.05, 4.69) is 6.92 Å². The third kappa shape index (κ3) is 16.8. The highest BCUT2D eigenvalue weighted by molar-refractivity contribution is 5.88. The minimum absolute atomic E-state index is 0.166. The molecule has 2 aromatic rings. The van der Waals surface area contributed by atoms with Crippen LogP contribution in [0.25, 0.3) is 0 Å². The second kappa shape index (κ2) is 22.8. The molecule has 0 saturated heterocycles. The van der Waals surface area contributed by atoms with E-state index >= 15 is 0 Å². The van der Waals surface area contributed by atoms with Crippen molar-refractivity contribution in [2.24, 2.45) is 0 Å². The number of benzene rings is 2. The molecule has 1 N–H and O–H groups in total. The van der Waals surface area contributed by atoms with E-state index in [1.165, 1.54) is 96.0 Å². The second-order valence-corrected chi connectivity index (χ2v) is 10.9. The van der Waals surface area contributed by atoms with E-state index in [1.54, 1.807) is 19.2 Å². The Morgan fingerprint density at radius 2 is 0.927 bits per heavy atom. The quantitative estimate of drug-likeness (QED) is 0.113. The van der Waals surface area contributed by atoms with Crippen LogP contribution in [0.2, 0.25) is 0 Å². The Morgan fingerprint density at radius 3 is 1.37 bits per heavy atom. The molecule has 0 atom stereocenters. The fourth-order valence-corrected chi connectivity index (χ4v) is 4.81. The van der Waals surface area contributed by atoms with Gasteiger partial charge in [0.15, 0.2) is 0 Å². The molecule has 0 aromatic heterocycles. The first-order valence-electron chi connectivity index (χ1n) is 16.0. The van der Waals surface area contributed by atoms with Crippen LogP contribution < -0.4 is 18.9 Å². The summed E-state index contributed by atoms with van der Waals surface area (Å²) in [6, 6.07) is 12.3. The molecule has 0 heterocycles. The Balaban J connectivity index is 1.51. The zero-order valence-corrected chi connectivity index (χ0v) is 25.7. The van der Waals surface area contributed by atoms with Crippen LogP contribution in [0.4, 0.5) is 0 Å². The van der Waals surface area contributed by atoms with Crippen molar-refractivity contribution >= 4 is 5.97 Å². The molecule has 6 heteroatoms. The molecular formula is C35H54O6. The van der Waals surface area contributed by atoms with Crippen LogP contribution in [0.5, 0.6) is 23.0 Å². The summed E-state index contributed by atoms with van der Waals surface area (Å²) >= 11 is 0. The molecule has 2 aromatic carbocycles.